The molecule has 0 radical (unpaired) electrons. The lowest BCUT2D eigenvalue weighted by Gasteiger charge is -2.37. The van der Waals surface area contributed by atoms with Crippen LogP contribution in [0.25, 0.3) is 0 Å². The minimum atomic E-state index is 0.441. The van der Waals surface area contributed by atoms with Crippen LogP contribution in [0.1, 0.15) is 71.4 Å². The van der Waals surface area contributed by atoms with Gasteiger partial charge in [0.25, 0.3) is 0 Å². The van der Waals surface area contributed by atoms with Crippen LogP contribution in [-0.2, 0) is 0 Å². The van der Waals surface area contributed by atoms with Crippen molar-refractivity contribution in [2.75, 3.05) is 11.9 Å². The van der Waals surface area contributed by atoms with Gasteiger partial charge in [-0.15, -0.1) is 0 Å². The first-order valence-electron chi connectivity index (χ1n) is 8.07. The van der Waals surface area contributed by atoms with E-state index in [9.17, 15) is 0 Å². The monoisotopic (exact) mass is 275 g/mol. The van der Waals surface area contributed by atoms with Crippen molar-refractivity contribution in [1.29, 1.82) is 0 Å². The molecule has 2 rings (SSSR count). The second kappa shape index (κ2) is 6.55. The van der Waals surface area contributed by atoms with Gasteiger partial charge < -0.3 is 5.32 Å². The van der Waals surface area contributed by atoms with E-state index in [-0.39, 0.29) is 0 Å². The van der Waals surface area contributed by atoms with Crippen molar-refractivity contribution in [2.45, 2.75) is 65.7 Å². The summed E-state index contributed by atoms with van der Waals surface area (Å²) in [7, 11) is 0. The highest BCUT2D eigenvalue weighted by Gasteiger charge is 2.31. The third-order valence-electron chi connectivity index (χ3n) is 4.61. The van der Waals surface area contributed by atoms with Crippen molar-refractivity contribution in [3.8, 4) is 0 Å². The number of hydrogen-bond acceptors (Lipinski definition) is 3. The molecule has 112 valence electrons. The fourth-order valence-electron chi connectivity index (χ4n) is 3.26. The molecule has 0 amide bonds. The Labute approximate surface area is 123 Å². The fraction of sp³-hybridized carbons (Fsp3) is 0.765. The van der Waals surface area contributed by atoms with E-state index in [1.165, 1.54) is 31.4 Å². The average Bonchev–Trinajstić information content (AvgIpc) is 2.45. The van der Waals surface area contributed by atoms with Crippen molar-refractivity contribution < 1.29 is 0 Å². The zero-order valence-electron chi connectivity index (χ0n) is 13.4. The molecule has 1 N–H and O–H groups in total. The maximum absolute atomic E-state index is 4.62. The van der Waals surface area contributed by atoms with E-state index in [2.05, 4.69) is 43.0 Å². The van der Waals surface area contributed by atoms with Gasteiger partial charge in [0.05, 0.1) is 5.69 Å². The summed E-state index contributed by atoms with van der Waals surface area (Å²) in [5, 5.41) is 3.43. The zero-order chi connectivity index (χ0) is 14.6. The topological polar surface area (TPSA) is 37.8 Å². The number of anilines is 1. The van der Waals surface area contributed by atoms with E-state index in [0.29, 0.717) is 11.3 Å². The van der Waals surface area contributed by atoms with Crippen LogP contribution in [0.3, 0.4) is 0 Å². The summed E-state index contributed by atoms with van der Waals surface area (Å²) in [4.78, 5) is 9.10. The molecule has 3 heteroatoms. The Morgan fingerprint density at radius 2 is 1.75 bits per heavy atom. The molecule has 3 nitrogen and oxygen atoms in total. The van der Waals surface area contributed by atoms with Crippen LogP contribution in [-0.4, -0.2) is 16.5 Å². The molecule has 0 aromatic carbocycles. The van der Waals surface area contributed by atoms with Crippen LogP contribution in [0.15, 0.2) is 12.4 Å². The summed E-state index contributed by atoms with van der Waals surface area (Å²) < 4.78 is 0. The molecule has 0 saturated heterocycles. The molecule has 1 saturated carbocycles. The molecular weight excluding hydrogens is 246 g/mol. The number of nitrogens with zero attached hydrogens (tertiary/aromatic N) is 2. The van der Waals surface area contributed by atoms with Crippen molar-refractivity contribution in [3.05, 3.63) is 18.1 Å². The molecule has 0 bridgehead atoms. The Balaban J connectivity index is 2.03. The smallest absolute Gasteiger partial charge is 0.148 e. The highest BCUT2D eigenvalue weighted by molar-refractivity contribution is 5.41. The van der Waals surface area contributed by atoms with E-state index < -0.39 is 0 Å². The predicted molar refractivity (Wildman–Crippen MR) is 85.0 cm³/mol. The molecule has 1 aliphatic carbocycles. The highest BCUT2D eigenvalue weighted by Crippen LogP contribution is 2.43. The molecule has 20 heavy (non-hydrogen) atoms. The van der Waals surface area contributed by atoms with Gasteiger partial charge in [-0.1, -0.05) is 27.7 Å². The minimum Gasteiger partial charge on any atom is -0.369 e. The summed E-state index contributed by atoms with van der Waals surface area (Å²) in [6.07, 6.45) is 9.89. The molecule has 1 aliphatic rings. The highest BCUT2D eigenvalue weighted by atomic mass is 15.0. The van der Waals surface area contributed by atoms with E-state index in [4.69, 9.17) is 0 Å². The Kier molecular flexibility index (Phi) is 5.00. The molecule has 0 aliphatic heterocycles. The Bertz CT molecular complexity index is 414. The number of hydrogen-bond donors (Lipinski definition) is 1. The second-order valence-electron chi connectivity index (χ2n) is 7.13. The summed E-state index contributed by atoms with van der Waals surface area (Å²) in [6.45, 7) is 10.3. The first-order valence-corrected chi connectivity index (χ1v) is 8.07. The van der Waals surface area contributed by atoms with Crippen LogP contribution in [0.4, 0.5) is 5.82 Å². The largest absolute Gasteiger partial charge is 0.369 e. The summed E-state index contributed by atoms with van der Waals surface area (Å²) in [6, 6.07) is 0. The first-order chi connectivity index (χ1) is 9.52. The van der Waals surface area contributed by atoms with Gasteiger partial charge in [-0.05, 0) is 43.4 Å². The maximum atomic E-state index is 4.62. The summed E-state index contributed by atoms with van der Waals surface area (Å²) >= 11 is 0. The van der Waals surface area contributed by atoms with Gasteiger partial charge in [0.1, 0.15) is 5.82 Å². The van der Waals surface area contributed by atoms with Crippen molar-refractivity contribution >= 4 is 5.82 Å². The van der Waals surface area contributed by atoms with Gasteiger partial charge in [-0.25, -0.2) is 4.98 Å². The molecular formula is C17H29N3. The van der Waals surface area contributed by atoms with E-state index in [1.54, 1.807) is 6.20 Å². The number of aromatic nitrogens is 2. The Morgan fingerprint density at radius 3 is 2.35 bits per heavy atom. The zero-order valence-corrected chi connectivity index (χ0v) is 13.4. The van der Waals surface area contributed by atoms with Crippen LogP contribution < -0.4 is 5.32 Å². The molecule has 1 aromatic heterocycles. The average molecular weight is 275 g/mol. The van der Waals surface area contributed by atoms with Gasteiger partial charge in [0.15, 0.2) is 0 Å². The van der Waals surface area contributed by atoms with E-state index >= 15 is 0 Å². The molecule has 0 atom stereocenters. The van der Waals surface area contributed by atoms with Gasteiger partial charge in [0.2, 0.25) is 0 Å². The first kappa shape index (κ1) is 15.3. The molecule has 0 spiro atoms. The van der Waals surface area contributed by atoms with E-state index in [0.717, 1.165) is 24.7 Å². The molecule has 1 fully saturated rings. The quantitative estimate of drug-likeness (QED) is 0.871. The van der Waals surface area contributed by atoms with E-state index in [1.807, 2.05) is 6.20 Å². The lowest BCUT2D eigenvalue weighted by molar-refractivity contribution is 0.168. The van der Waals surface area contributed by atoms with Gasteiger partial charge in [0, 0.05) is 24.9 Å². The maximum Gasteiger partial charge on any atom is 0.148 e. The third kappa shape index (κ3) is 3.71. The normalized spacial score (nSPS) is 23.6. The molecule has 1 heterocycles. The number of rotatable bonds is 4. The predicted octanol–water partition coefficient (Wildman–Crippen LogP) is 4.62. The SMILES string of the molecule is CCCNc1nccnc1C1CCC(C(C)(C)C)CC1. The van der Waals surface area contributed by atoms with Gasteiger partial charge in [-0.3, -0.25) is 4.98 Å². The van der Waals surface area contributed by atoms with Crippen LogP contribution in [0, 0.1) is 11.3 Å². The fourth-order valence-corrected chi connectivity index (χ4v) is 3.26. The Morgan fingerprint density at radius 1 is 1.10 bits per heavy atom. The second-order valence-corrected chi connectivity index (χ2v) is 7.13. The van der Waals surface area contributed by atoms with Gasteiger partial charge in [-0.2, -0.15) is 0 Å². The van der Waals surface area contributed by atoms with Crippen LogP contribution in [0.5, 0.6) is 0 Å². The minimum absolute atomic E-state index is 0.441. The lowest BCUT2D eigenvalue weighted by atomic mass is 9.69. The van der Waals surface area contributed by atoms with Gasteiger partial charge >= 0.3 is 0 Å². The number of nitrogens with one attached hydrogen (secondary N) is 1. The molecule has 1 aromatic rings. The standard InChI is InChI=1S/C17H29N3/c1-5-10-19-16-15(18-11-12-20-16)13-6-8-14(9-7-13)17(2,3)4/h11-14H,5-10H2,1-4H3,(H,19,20). The Hall–Kier alpha value is -1.12. The molecule has 0 unspecified atom stereocenters. The van der Waals surface area contributed by atoms with Crippen LogP contribution in [0.2, 0.25) is 0 Å². The van der Waals surface area contributed by atoms with Crippen molar-refractivity contribution in [2.24, 2.45) is 11.3 Å². The lowest BCUT2D eigenvalue weighted by Crippen LogP contribution is -2.26. The summed E-state index contributed by atoms with van der Waals surface area (Å²) in [5.74, 6) is 2.44. The summed E-state index contributed by atoms with van der Waals surface area (Å²) in [5.41, 5.74) is 1.63. The third-order valence-corrected chi connectivity index (χ3v) is 4.61. The van der Waals surface area contributed by atoms with Crippen molar-refractivity contribution in [1.82, 2.24) is 9.97 Å². The van der Waals surface area contributed by atoms with Crippen LogP contribution >= 0.6 is 0 Å². The van der Waals surface area contributed by atoms with Crippen molar-refractivity contribution in [3.63, 3.8) is 0 Å².